The number of carbonyl (C=O) groups excluding carboxylic acids is 2. The minimum atomic E-state index is -0.394. The Morgan fingerprint density at radius 2 is 1.51 bits per heavy atom. The molecule has 1 atom stereocenters. The van der Waals surface area contributed by atoms with Gasteiger partial charge in [-0.15, -0.1) is 6.58 Å². The second-order valence-electron chi connectivity index (χ2n) is 7.34. The van der Waals surface area contributed by atoms with Crippen molar-refractivity contribution in [3.63, 3.8) is 0 Å². The lowest BCUT2D eigenvalue weighted by atomic mass is 9.84. The zero-order chi connectivity index (χ0) is 29.5. The van der Waals surface area contributed by atoms with Gasteiger partial charge in [-0.3, -0.25) is 0 Å². The average Bonchev–Trinajstić information content (AvgIpc) is 3.71. The van der Waals surface area contributed by atoms with Gasteiger partial charge in [0.2, 0.25) is 0 Å². The number of hydrogen-bond acceptors (Lipinski definition) is 10. The van der Waals surface area contributed by atoms with Crippen LogP contribution < -0.4 is 0 Å². The van der Waals surface area contributed by atoms with E-state index in [1.54, 1.807) is 41.4 Å². The first kappa shape index (κ1) is 41.6. The van der Waals surface area contributed by atoms with E-state index < -0.39 is 5.97 Å². The van der Waals surface area contributed by atoms with Gasteiger partial charge in [0.1, 0.15) is 6.10 Å². The maximum Gasteiger partial charge on any atom is 0.332 e. The number of ether oxygens (including phenoxy) is 8. The largest absolute Gasteiger partial charge is 0.505 e. The predicted octanol–water partition coefficient (Wildman–Crippen LogP) is 3.77. The first-order valence-corrected chi connectivity index (χ1v) is 11.4. The predicted molar refractivity (Wildman–Crippen MR) is 145 cm³/mol. The summed E-state index contributed by atoms with van der Waals surface area (Å²) in [6.45, 7) is 21.9. The van der Waals surface area contributed by atoms with Crippen LogP contribution in [0.1, 0.15) is 20.3 Å². The molecule has 0 bridgehead atoms. The van der Waals surface area contributed by atoms with Crippen LogP contribution in [0.2, 0.25) is 0 Å². The lowest BCUT2D eigenvalue weighted by Gasteiger charge is -2.39. The van der Waals surface area contributed by atoms with Crippen LogP contribution in [-0.4, -0.2) is 100 Å². The highest BCUT2D eigenvalue weighted by molar-refractivity contribution is 5.86. The highest BCUT2D eigenvalue weighted by atomic mass is 16.6. The molecule has 10 heteroatoms. The molecule has 2 rings (SSSR count). The maximum atomic E-state index is 10.2. The second-order valence-corrected chi connectivity index (χ2v) is 7.34. The molecule has 2 heterocycles. The molecule has 2 saturated heterocycles. The van der Waals surface area contributed by atoms with Gasteiger partial charge in [0, 0.05) is 38.4 Å². The monoisotopic (exact) mass is 534 g/mol. The van der Waals surface area contributed by atoms with Crippen LogP contribution in [0.25, 0.3) is 0 Å². The molecule has 0 amide bonds. The minimum absolute atomic E-state index is 0.347. The van der Waals surface area contributed by atoms with E-state index in [2.05, 4.69) is 52.2 Å². The zero-order valence-corrected chi connectivity index (χ0v) is 24.2. The molecule has 0 N–H and O–H groups in total. The lowest BCUT2D eigenvalue weighted by Crippen LogP contribution is -2.45. The van der Waals surface area contributed by atoms with Gasteiger partial charge in [-0.1, -0.05) is 32.7 Å². The number of rotatable bonds is 10. The third-order valence-corrected chi connectivity index (χ3v) is 4.12. The molecule has 2 aliphatic heterocycles. The minimum Gasteiger partial charge on any atom is -0.505 e. The van der Waals surface area contributed by atoms with Gasteiger partial charge in [-0.2, -0.15) is 0 Å². The van der Waals surface area contributed by atoms with E-state index in [0.29, 0.717) is 23.7 Å². The van der Waals surface area contributed by atoms with Crippen LogP contribution in [0, 0.1) is 5.41 Å². The molecule has 2 fully saturated rings. The van der Waals surface area contributed by atoms with E-state index in [0.717, 1.165) is 39.1 Å². The molecule has 0 aromatic carbocycles. The fourth-order valence-corrected chi connectivity index (χ4v) is 1.81. The molecule has 10 nitrogen and oxygen atoms in total. The molecule has 0 aromatic rings. The SMILES string of the molecule is C=C(C)C(=O)OC.C=CC(=O)OC.C=CCOC.C=COC.CCC1(COC)COC1.COCC1CO1. The van der Waals surface area contributed by atoms with E-state index in [1.165, 1.54) is 26.9 Å². The maximum absolute atomic E-state index is 10.2. The fraction of sp³-hybridized carbons (Fsp3) is 0.630. The van der Waals surface area contributed by atoms with Crippen LogP contribution in [0.4, 0.5) is 0 Å². The smallest absolute Gasteiger partial charge is 0.332 e. The molecule has 0 radical (unpaired) electrons. The van der Waals surface area contributed by atoms with Gasteiger partial charge in [-0.25, -0.2) is 9.59 Å². The highest BCUT2D eigenvalue weighted by Gasteiger charge is 2.36. The molecule has 0 aliphatic carbocycles. The van der Waals surface area contributed by atoms with Crippen molar-refractivity contribution >= 4 is 11.9 Å². The summed E-state index contributed by atoms with van der Waals surface area (Å²) >= 11 is 0. The quantitative estimate of drug-likeness (QED) is 0.135. The number of hydrogen-bond donors (Lipinski definition) is 0. The van der Waals surface area contributed by atoms with E-state index in [1.807, 2.05) is 0 Å². The Hall–Kier alpha value is -2.50. The number of methoxy groups -OCH3 is 6. The van der Waals surface area contributed by atoms with E-state index in [9.17, 15) is 9.59 Å². The Balaban J connectivity index is -0.000000180. The van der Waals surface area contributed by atoms with Crippen molar-refractivity contribution in [1.29, 1.82) is 0 Å². The van der Waals surface area contributed by atoms with Crippen molar-refractivity contribution in [3.8, 4) is 0 Å². The normalized spacial score (nSPS) is 14.8. The summed E-state index contributed by atoms with van der Waals surface area (Å²) in [4.78, 5) is 20.0. The van der Waals surface area contributed by atoms with Gasteiger partial charge >= 0.3 is 11.9 Å². The number of esters is 2. The first-order chi connectivity index (χ1) is 17.6. The van der Waals surface area contributed by atoms with Gasteiger partial charge in [-0.05, 0) is 13.3 Å². The summed E-state index contributed by atoms with van der Waals surface area (Å²) in [6, 6.07) is 0. The highest BCUT2D eigenvalue weighted by Crippen LogP contribution is 2.30. The Morgan fingerprint density at radius 3 is 1.57 bits per heavy atom. The van der Waals surface area contributed by atoms with Crippen molar-refractivity contribution in [3.05, 3.63) is 50.3 Å². The van der Waals surface area contributed by atoms with Gasteiger partial charge in [0.25, 0.3) is 0 Å². The van der Waals surface area contributed by atoms with Crippen molar-refractivity contribution < 1.29 is 47.5 Å². The Bertz CT molecular complexity index is 576. The molecule has 37 heavy (non-hydrogen) atoms. The number of epoxide rings is 1. The molecule has 0 aromatic heterocycles. The molecule has 218 valence electrons. The summed E-state index contributed by atoms with van der Waals surface area (Å²) in [6.07, 6.45) is 5.79. The van der Waals surface area contributed by atoms with Crippen LogP contribution in [0.5, 0.6) is 0 Å². The fourth-order valence-electron chi connectivity index (χ4n) is 1.81. The molecule has 2 aliphatic rings. The zero-order valence-electron chi connectivity index (χ0n) is 24.2. The first-order valence-electron chi connectivity index (χ1n) is 11.4. The van der Waals surface area contributed by atoms with E-state index in [-0.39, 0.29) is 5.97 Å². The van der Waals surface area contributed by atoms with Crippen molar-refractivity contribution in [2.45, 2.75) is 26.4 Å². The van der Waals surface area contributed by atoms with Crippen LogP contribution in [-0.2, 0) is 47.5 Å². The third-order valence-electron chi connectivity index (χ3n) is 4.12. The van der Waals surface area contributed by atoms with Crippen molar-refractivity contribution in [2.24, 2.45) is 5.41 Å². The summed E-state index contributed by atoms with van der Waals surface area (Å²) in [5, 5.41) is 0. The van der Waals surface area contributed by atoms with Crippen LogP contribution >= 0.6 is 0 Å². The lowest BCUT2D eigenvalue weighted by molar-refractivity contribution is -0.144. The van der Waals surface area contributed by atoms with E-state index >= 15 is 0 Å². The third kappa shape index (κ3) is 33.5. The Morgan fingerprint density at radius 1 is 0.973 bits per heavy atom. The van der Waals surface area contributed by atoms with Crippen LogP contribution in [0.3, 0.4) is 0 Å². The standard InChI is InChI=1S/C7H14O2.C5H8O2.C4H8O2.C4H6O2.C4H8O.C3H6O/c1-3-7(4-8-2)5-9-6-7;1-4(2)5(6)7-3;1-5-2-4-3-6-4;1-3-4(5)6-2;1-3-4-5-2;1-3-4-2/h3-6H2,1-2H3;1H2,2-3H3;4H,2-3H2,1H3;3H,1H2,2H3;3H,1,4H2,2H3;3H,1H2,2H3. The van der Waals surface area contributed by atoms with Gasteiger partial charge < -0.3 is 37.9 Å². The summed E-state index contributed by atoms with van der Waals surface area (Å²) in [5.74, 6) is -0.741. The molecule has 1 unspecified atom stereocenters. The second kappa shape index (κ2) is 31.5. The molecular weight excluding hydrogens is 484 g/mol. The number of carbonyl (C=O) groups is 2. The van der Waals surface area contributed by atoms with Gasteiger partial charge in [0.15, 0.2) is 0 Å². The Kier molecular flexibility index (Phi) is 35.5. The van der Waals surface area contributed by atoms with Crippen molar-refractivity contribution in [2.75, 3.05) is 82.3 Å². The molecular formula is C27H50O10. The average molecular weight is 535 g/mol. The van der Waals surface area contributed by atoms with E-state index in [4.69, 9.17) is 18.9 Å². The summed E-state index contributed by atoms with van der Waals surface area (Å²) in [5.41, 5.74) is 0.803. The molecule has 0 saturated carbocycles. The molecule has 0 spiro atoms. The van der Waals surface area contributed by atoms with Crippen LogP contribution in [0.15, 0.2) is 50.3 Å². The summed E-state index contributed by atoms with van der Waals surface area (Å²) < 4.78 is 37.0. The topological polar surface area (TPSA) is 111 Å². The van der Waals surface area contributed by atoms with Crippen molar-refractivity contribution in [1.82, 2.24) is 0 Å². The summed E-state index contributed by atoms with van der Waals surface area (Å²) in [7, 11) is 9.27. The van der Waals surface area contributed by atoms with Gasteiger partial charge in [0.05, 0.1) is 67.2 Å². The Labute approximate surface area is 224 Å².